The van der Waals surface area contributed by atoms with E-state index >= 15 is 0 Å². The largest absolute Gasteiger partial charge is 0.338 e. The first-order valence-corrected chi connectivity index (χ1v) is 10.2. The van der Waals surface area contributed by atoms with Gasteiger partial charge in [0.15, 0.2) is 5.82 Å². The van der Waals surface area contributed by atoms with Crippen LogP contribution in [-0.2, 0) is 18.4 Å². The lowest BCUT2D eigenvalue weighted by Gasteiger charge is -2.31. The van der Waals surface area contributed by atoms with Crippen molar-refractivity contribution in [2.45, 2.75) is 32.2 Å². The minimum atomic E-state index is -0.0162. The molecule has 9 nitrogen and oxygen atoms in total. The molecule has 1 saturated heterocycles. The van der Waals surface area contributed by atoms with E-state index in [4.69, 9.17) is 11.6 Å². The Hall–Kier alpha value is -3.07. The number of aromatic nitrogens is 7. The SMILES string of the molecule is Cc1nnn(Cc2cc(Cl)ccc2C=CC(=O)N2CCCC(c3nncn3C)C2)n1. The van der Waals surface area contributed by atoms with E-state index in [1.165, 1.54) is 4.80 Å². The summed E-state index contributed by atoms with van der Waals surface area (Å²) in [5.41, 5.74) is 1.81. The molecule has 0 bridgehead atoms. The van der Waals surface area contributed by atoms with Crippen LogP contribution < -0.4 is 0 Å². The molecule has 3 heterocycles. The Balaban J connectivity index is 1.48. The van der Waals surface area contributed by atoms with Crippen molar-refractivity contribution in [1.29, 1.82) is 0 Å². The fourth-order valence-corrected chi connectivity index (χ4v) is 3.93. The number of hydrogen-bond donors (Lipinski definition) is 0. The molecule has 1 fully saturated rings. The Morgan fingerprint density at radius 1 is 1.33 bits per heavy atom. The molecule has 30 heavy (non-hydrogen) atoms. The Labute approximate surface area is 179 Å². The van der Waals surface area contributed by atoms with Crippen molar-refractivity contribution in [3.63, 3.8) is 0 Å². The highest BCUT2D eigenvalue weighted by molar-refractivity contribution is 6.30. The van der Waals surface area contributed by atoms with Crippen LogP contribution in [0, 0.1) is 6.92 Å². The number of carbonyl (C=O) groups excluding carboxylic acids is 1. The number of aryl methyl sites for hydroxylation is 2. The number of carbonyl (C=O) groups is 1. The van der Waals surface area contributed by atoms with Crippen LogP contribution in [0.4, 0.5) is 0 Å². The zero-order valence-corrected chi connectivity index (χ0v) is 17.7. The van der Waals surface area contributed by atoms with Crippen molar-refractivity contribution >= 4 is 23.6 Å². The first kappa shape index (κ1) is 20.2. The van der Waals surface area contributed by atoms with Crippen molar-refractivity contribution in [3.05, 3.63) is 58.4 Å². The molecule has 1 unspecified atom stereocenters. The third-order valence-corrected chi connectivity index (χ3v) is 5.45. The maximum Gasteiger partial charge on any atom is 0.246 e. The first-order chi connectivity index (χ1) is 14.5. The van der Waals surface area contributed by atoms with Gasteiger partial charge in [0.1, 0.15) is 12.2 Å². The van der Waals surface area contributed by atoms with Crippen molar-refractivity contribution in [1.82, 2.24) is 39.9 Å². The summed E-state index contributed by atoms with van der Waals surface area (Å²) in [6.45, 7) is 3.60. The average Bonchev–Trinajstić information content (AvgIpc) is 3.35. The summed E-state index contributed by atoms with van der Waals surface area (Å²) in [6.07, 6.45) is 7.09. The number of halogens is 1. The number of rotatable bonds is 5. The molecule has 1 amide bonds. The number of amides is 1. The van der Waals surface area contributed by atoms with E-state index in [1.54, 1.807) is 25.4 Å². The Kier molecular flexibility index (Phi) is 5.89. The second-order valence-electron chi connectivity index (χ2n) is 7.47. The van der Waals surface area contributed by atoms with Crippen LogP contribution in [0.3, 0.4) is 0 Å². The van der Waals surface area contributed by atoms with Crippen LogP contribution in [0.15, 0.2) is 30.6 Å². The van der Waals surface area contributed by atoms with Crippen LogP contribution in [0.1, 0.15) is 41.5 Å². The molecule has 1 aromatic carbocycles. The average molecular weight is 427 g/mol. The van der Waals surface area contributed by atoms with E-state index in [2.05, 4.69) is 25.6 Å². The molecule has 2 aromatic heterocycles. The molecule has 3 aromatic rings. The van der Waals surface area contributed by atoms with Gasteiger partial charge in [-0.2, -0.15) is 4.80 Å². The lowest BCUT2D eigenvalue weighted by Crippen LogP contribution is -2.38. The number of tetrazole rings is 1. The highest BCUT2D eigenvalue weighted by Gasteiger charge is 2.26. The molecule has 1 atom stereocenters. The Morgan fingerprint density at radius 2 is 2.20 bits per heavy atom. The zero-order valence-electron chi connectivity index (χ0n) is 16.9. The molecule has 0 radical (unpaired) electrons. The lowest BCUT2D eigenvalue weighted by atomic mass is 9.97. The van der Waals surface area contributed by atoms with Gasteiger partial charge in [-0.1, -0.05) is 17.7 Å². The van der Waals surface area contributed by atoms with Gasteiger partial charge in [0.25, 0.3) is 0 Å². The van der Waals surface area contributed by atoms with Gasteiger partial charge in [-0.15, -0.1) is 20.4 Å². The minimum absolute atomic E-state index is 0.0162. The van der Waals surface area contributed by atoms with Crippen LogP contribution in [0.25, 0.3) is 6.08 Å². The van der Waals surface area contributed by atoms with Crippen molar-refractivity contribution in [2.75, 3.05) is 13.1 Å². The van der Waals surface area contributed by atoms with Crippen LogP contribution >= 0.6 is 11.6 Å². The monoisotopic (exact) mass is 426 g/mol. The van der Waals surface area contributed by atoms with E-state index in [0.717, 1.165) is 36.3 Å². The van der Waals surface area contributed by atoms with Crippen LogP contribution in [0.5, 0.6) is 0 Å². The third-order valence-electron chi connectivity index (χ3n) is 5.22. The molecule has 10 heteroatoms. The molecule has 0 N–H and O–H groups in total. The summed E-state index contributed by atoms with van der Waals surface area (Å²) in [5.74, 6) is 1.72. The van der Waals surface area contributed by atoms with Gasteiger partial charge >= 0.3 is 0 Å². The zero-order chi connectivity index (χ0) is 21.1. The fraction of sp³-hybridized carbons (Fsp3) is 0.400. The van der Waals surface area contributed by atoms with Gasteiger partial charge in [-0.05, 0) is 54.3 Å². The highest BCUT2D eigenvalue weighted by atomic mass is 35.5. The van der Waals surface area contributed by atoms with Gasteiger partial charge in [0.05, 0.1) is 6.54 Å². The maximum atomic E-state index is 12.8. The molecule has 1 aliphatic rings. The molecule has 4 rings (SSSR count). The van der Waals surface area contributed by atoms with Gasteiger partial charge in [0, 0.05) is 37.2 Å². The predicted octanol–water partition coefficient (Wildman–Crippen LogP) is 2.23. The van der Waals surface area contributed by atoms with E-state index in [9.17, 15) is 4.79 Å². The Morgan fingerprint density at radius 3 is 2.93 bits per heavy atom. The topological polar surface area (TPSA) is 94.6 Å². The predicted molar refractivity (Wildman–Crippen MR) is 112 cm³/mol. The van der Waals surface area contributed by atoms with Gasteiger partial charge in [-0.3, -0.25) is 4.79 Å². The summed E-state index contributed by atoms with van der Waals surface area (Å²) in [6, 6.07) is 5.55. The van der Waals surface area contributed by atoms with Crippen LogP contribution in [0.2, 0.25) is 5.02 Å². The molecule has 0 aliphatic carbocycles. The van der Waals surface area contributed by atoms with Gasteiger partial charge in [0.2, 0.25) is 5.91 Å². The van der Waals surface area contributed by atoms with E-state index in [0.29, 0.717) is 23.9 Å². The second kappa shape index (κ2) is 8.74. The third kappa shape index (κ3) is 4.56. The fourth-order valence-electron chi connectivity index (χ4n) is 3.73. The second-order valence-corrected chi connectivity index (χ2v) is 7.90. The molecule has 1 aliphatic heterocycles. The van der Waals surface area contributed by atoms with Crippen molar-refractivity contribution < 1.29 is 4.79 Å². The Bertz CT molecular complexity index is 1070. The van der Waals surface area contributed by atoms with Gasteiger partial charge < -0.3 is 9.47 Å². The molecular formula is C20H23ClN8O. The smallest absolute Gasteiger partial charge is 0.246 e. The number of piperidine rings is 1. The van der Waals surface area contributed by atoms with E-state index in [-0.39, 0.29) is 11.8 Å². The quantitative estimate of drug-likeness (QED) is 0.580. The van der Waals surface area contributed by atoms with Crippen LogP contribution in [-0.4, -0.2) is 58.9 Å². The van der Waals surface area contributed by atoms with E-state index < -0.39 is 0 Å². The number of likely N-dealkylation sites (tertiary alicyclic amines) is 1. The summed E-state index contributed by atoms with van der Waals surface area (Å²) < 4.78 is 1.92. The molecule has 0 spiro atoms. The highest BCUT2D eigenvalue weighted by Crippen LogP contribution is 2.25. The summed E-state index contributed by atoms with van der Waals surface area (Å²) in [4.78, 5) is 16.2. The summed E-state index contributed by atoms with van der Waals surface area (Å²) >= 11 is 6.17. The molecule has 0 saturated carbocycles. The minimum Gasteiger partial charge on any atom is -0.338 e. The van der Waals surface area contributed by atoms with Crippen molar-refractivity contribution in [2.24, 2.45) is 7.05 Å². The normalized spacial score (nSPS) is 17.0. The first-order valence-electron chi connectivity index (χ1n) is 9.83. The molecule has 156 valence electrons. The maximum absolute atomic E-state index is 12.8. The summed E-state index contributed by atoms with van der Waals surface area (Å²) in [5, 5.41) is 20.9. The molecular weight excluding hydrogens is 404 g/mol. The van der Waals surface area contributed by atoms with Gasteiger partial charge in [-0.25, -0.2) is 0 Å². The van der Waals surface area contributed by atoms with E-state index in [1.807, 2.05) is 34.7 Å². The number of nitrogens with zero attached hydrogens (tertiary/aromatic N) is 8. The standard InChI is InChI=1S/C20H23ClN8O/c1-14-23-26-29(25-14)12-17-10-18(21)7-5-15(17)6-8-19(30)28-9-3-4-16(11-28)20-24-22-13-27(20)2/h5-8,10,13,16H,3-4,9,11-12H2,1-2H3. The summed E-state index contributed by atoms with van der Waals surface area (Å²) in [7, 11) is 1.93. The number of benzene rings is 1. The number of hydrogen-bond acceptors (Lipinski definition) is 6. The lowest BCUT2D eigenvalue weighted by molar-refractivity contribution is -0.127. The van der Waals surface area contributed by atoms with Crippen molar-refractivity contribution in [3.8, 4) is 0 Å².